The lowest BCUT2D eigenvalue weighted by Gasteiger charge is -2.40. The molecular weight excluding hydrogens is 556 g/mol. The summed E-state index contributed by atoms with van der Waals surface area (Å²) >= 11 is 0. The zero-order valence-electron chi connectivity index (χ0n) is 27.9. The van der Waals surface area contributed by atoms with Gasteiger partial charge in [-0.15, -0.1) is 0 Å². The first kappa shape index (κ1) is 30.9. The molecule has 0 aliphatic rings. The van der Waals surface area contributed by atoms with Gasteiger partial charge in [-0.2, -0.15) is 0 Å². The molecule has 0 fully saturated rings. The molecular formula is C44H44N2. The van der Waals surface area contributed by atoms with E-state index in [2.05, 4.69) is 209 Å². The Balaban J connectivity index is 1.39. The van der Waals surface area contributed by atoms with Gasteiger partial charge in [-0.1, -0.05) is 121 Å². The van der Waals surface area contributed by atoms with Crippen LogP contribution in [0.4, 0.5) is 22.7 Å². The first-order valence-electron chi connectivity index (χ1n) is 16.2. The second-order valence-corrected chi connectivity index (χ2v) is 13.9. The summed E-state index contributed by atoms with van der Waals surface area (Å²) in [6.45, 7) is 13.7. The maximum absolute atomic E-state index is 2.49. The molecule has 0 spiro atoms. The molecule has 0 saturated carbocycles. The topological polar surface area (TPSA) is 6.48 Å². The SMILES string of the molecule is CC(C)(C)N(c1ccccc1)c1cccc(-c2ccc(-c3ccccc3N(c3ccccc3-c3ccccc3)C(C)(C)C)cc2)c1. The fraction of sp³-hybridized carbons (Fsp3) is 0.182. The third-order valence-corrected chi connectivity index (χ3v) is 8.36. The summed E-state index contributed by atoms with van der Waals surface area (Å²) in [7, 11) is 0. The van der Waals surface area contributed by atoms with Gasteiger partial charge in [0, 0.05) is 45.0 Å². The third-order valence-electron chi connectivity index (χ3n) is 8.36. The molecule has 230 valence electrons. The van der Waals surface area contributed by atoms with E-state index >= 15 is 0 Å². The summed E-state index contributed by atoms with van der Waals surface area (Å²) in [6.07, 6.45) is 0. The van der Waals surface area contributed by atoms with Crippen LogP contribution in [0.2, 0.25) is 0 Å². The minimum absolute atomic E-state index is 0.0778. The predicted octanol–water partition coefficient (Wildman–Crippen LogP) is 12.6. The van der Waals surface area contributed by atoms with Crippen molar-refractivity contribution in [2.45, 2.75) is 52.6 Å². The Labute approximate surface area is 275 Å². The number of hydrogen-bond donors (Lipinski definition) is 0. The van der Waals surface area contributed by atoms with E-state index in [-0.39, 0.29) is 11.1 Å². The van der Waals surface area contributed by atoms with Crippen molar-refractivity contribution in [1.29, 1.82) is 0 Å². The average Bonchev–Trinajstić information content (AvgIpc) is 3.05. The molecule has 0 radical (unpaired) electrons. The van der Waals surface area contributed by atoms with Gasteiger partial charge in [-0.3, -0.25) is 0 Å². The van der Waals surface area contributed by atoms with Gasteiger partial charge in [0.15, 0.2) is 0 Å². The lowest BCUT2D eigenvalue weighted by atomic mass is 9.94. The van der Waals surface area contributed by atoms with Gasteiger partial charge in [-0.25, -0.2) is 0 Å². The van der Waals surface area contributed by atoms with Gasteiger partial charge in [0.2, 0.25) is 0 Å². The second kappa shape index (κ2) is 12.7. The first-order valence-corrected chi connectivity index (χ1v) is 16.2. The minimum Gasteiger partial charge on any atom is -0.336 e. The molecule has 6 aromatic carbocycles. The van der Waals surface area contributed by atoms with Crippen LogP contribution >= 0.6 is 0 Å². The van der Waals surface area contributed by atoms with Crippen LogP contribution in [0.25, 0.3) is 33.4 Å². The predicted molar refractivity (Wildman–Crippen MR) is 199 cm³/mol. The van der Waals surface area contributed by atoms with E-state index in [1.54, 1.807) is 0 Å². The van der Waals surface area contributed by atoms with Gasteiger partial charge in [-0.05, 0) is 100 Å². The molecule has 0 saturated heterocycles. The highest BCUT2D eigenvalue weighted by Gasteiger charge is 2.28. The molecule has 2 heteroatoms. The number of anilines is 4. The zero-order chi connectivity index (χ0) is 32.3. The summed E-state index contributed by atoms with van der Waals surface area (Å²) in [4.78, 5) is 4.90. The van der Waals surface area contributed by atoms with Gasteiger partial charge in [0.05, 0.1) is 0 Å². The molecule has 0 N–H and O–H groups in total. The molecule has 0 amide bonds. The Morgan fingerprint density at radius 3 is 1.28 bits per heavy atom. The molecule has 0 unspecified atom stereocenters. The smallest absolute Gasteiger partial charge is 0.0495 e. The average molecular weight is 601 g/mol. The van der Waals surface area contributed by atoms with Crippen LogP contribution in [0.1, 0.15) is 41.5 Å². The number of nitrogens with zero attached hydrogens (tertiary/aromatic N) is 2. The quantitative estimate of drug-likeness (QED) is 0.180. The van der Waals surface area contributed by atoms with Crippen molar-refractivity contribution in [3.63, 3.8) is 0 Å². The van der Waals surface area contributed by atoms with Crippen LogP contribution in [0.5, 0.6) is 0 Å². The van der Waals surface area contributed by atoms with E-state index in [9.17, 15) is 0 Å². The third kappa shape index (κ3) is 6.48. The number of hydrogen-bond acceptors (Lipinski definition) is 2. The molecule has 0 aliphatic heterocycles. The van der Waals surface area contributed by atoms with Crippen molar-refractivity contribution < 1.29 is 0 Å². The van der Waals surface area contributed by atoms with E-state index in [4.69, 9.17) is 0 Å². The summed E-state index contributed by atoms with van der Waals surface area (Å²) < 4.78 is 0. The summed E-state index contributed by atoms with van der Waals surface area (Å²) in [5.74, 6) is 0. The summed E-state index contributed by atoms with van der Waals surface area (Å²) in [5, 5.41) is 0. The lowest BCUT2D eigenvalue weighted by molar-refractivity contribution is 0.560. The molecule has 0 heterocycles. The van der Waals surface area contributed by atoms with Crippen molar-refractivity contribution in [2.24, 2.45) is 0 Å². The Morgan fingerprint density at radius 1 is 0.326 bits per heavy atom. The molecule has 6 aromatic rings. The Morgan fingerprint density at radius 2 is 0.739 bits per heavy atom. The minimum atomic E-state index is -0.168. The van der Waals surface area contributed by atoms with Crippen LogP contribution in [0.3, 0.4) is 0 Å². The Kier molecular flexibility index (Phi) is 8.56. The maximum atomic E-state index is 2.49. The fourth-order valence-corrected chi connectivity index (χ4v) is 6.46. The maximum Gasteiger partial charge on any atom is 0.0495 e. The molecule has 6 rings (SSSR count). The molecule has 0 atom stereocenters. The largest absolute Gasteiger partial charge is 0.336 e. The molecule has 0 aromatic heterocycles. The van der Waals surface area contributed by atoms with Crippen LogP contribution in [0, 0.1) is 0 Å². The normalized spacial score (nSPS) is 11.7. The molecule has 0 aliphatic carbocycles. The molecule has 2 nitrogen and oxygen atoms in total. The monoisotopic (exact) mass is 600 g/mol. The zero-order valence-corrected chi connectivity index (χ0v) is 27.9. The Bertz CT molecular complexity index is 1890. The van der Waals surface area contributed by atoms with Crippen molar-refractivity contribution in [1.82, 2.24) is 0 Å². The van der Waals surface area contributed by atoms with Gasteiger partial charge in [0.1, 0.15) is 0 Å². The van der Waals surface area contributed by atoms with E-state index in [1.807, 2.05) is 0 Å². The first-order chi connectivity index (χ1) is 22.1. The van der Waals surface area contributed by atoms with Crippen molar-refractivity contribution >= 4 is 22.7 Å². The number of rotatable bonds is 7. The number of benzene rings is 6. The van der Waals surface area contributed by atoms with Crippen LogP contribution in [-0.4, -0.2) is 11.1 Å². The summed E-state index contributed by atoms with van der Waals surface area (Å²) in [6, 6.07) is 56.8. The van der Waals surface area contributed by atoms with E-state index < -0.39 is 0 Å². The summed E-state index contributed by atoms with van der Waals surface area (Å²) in [5.41, 5.74) is 11.8. The highest BCUT2D eigenvalue weighted by molar-refractivity contribution is 5.89. The molecule has 0 bridgehead atoms. The van der Waals surface area contributed by atoms with Crippen LogP contribution in [0.15, 0.2) is 158 Å². The van der Waals surface area contributed by atoms with Gasteiger partial charge in [0.25, 0.3) is 0 Å². The standard InChI is InChI=1S/C44H44N2/c1-43(2,3)45(37-21-11-8-12-22-37)38-23-17-20-36(32-38)33-28-30-35(31-29-33)40-25-14-16-27-42(40)46(44(4,5)6)41-26-15-13-24-39(41)34-18-9-7-10-19-34/h7-32H,1-6H3. The molecule has 46 heavy (non-hydrogen) atoms. The van der Waals surface area contributed by atoms with Crippen molar-refractivity contribution in [3.8, 4) is 33.4 Å². The highest BCUT2D eigenvalue weighted by atomic mass is 15.2. The van der Waals surface area contributed by atoms with Crippen molar-refractivity contribution in [3.05, 3.63) is 158 Å². The Hall–Kier alpha value is -5.08. The van der Waals surface area contributed by atoms with Crippen molar-refractivity contribution in [2.75, 3.05) is 9.80 Å². The van der Waals surface area contributed by atoms with Gasteiger partial charge >= 0.3 is 0 Å². The van der Waals surface area contributed by atoms with E-state index in [0.29, 0.717) is 0 Å². The van der Waals surface area contributed by atoms with Crippen LogP contribution < -0.4 is 9.80 Å². The second-order valence-electron chi connectivity index (χ2n) is 13.9. The number of para-hydroxylation sites is 3. The van der Waals surface area contributed by atoms with E-state index in [0.717, 1.165) is 0 Å². The highest BCUT2D eigenvalue weighted by Crippen LogP contribution is 2.44. The van der Waals surface area contributed by atoms with Crippen LogP contribution in [-0.2, 0) is 0 Å². The fourth-order valence-electron chi connectivity index (χ4n) is 6.46. The van der Waals surface area contributed by atoms with E-state index in [1.165, 1.54) is 56.1 Å². The van der Waals surface area contributed by atoms with Gasteiger partial charge < -0.3 is 9.80 Å². The lowest BCUT2D eigenvalue weighted by Crippen LogP contribution is -2.38.